The van der Waals surface area contributed by atoms with Crippen molar-refractivity contribution in [2.24, 2.45) is 5.92 Å². The van der Waals surface area contributed by atoms with Crippen LogP contribution < -0.4 is 0 Å². The summed E-state index contributed by atoms with van der Waals surface area (Å²) in [4.78, 5) is 11.6. The van der Waals surface area contributed by atoms with Crippen molar-refractivity contribution in [2.45, 2.75) is 45.4 Å². The third-order valence-electron chi connectivity index (χ3n) is 3.58. The number of benzene rings is 1. The Morgan fingerprint density at radius 3 is 2.39 bits per heavy atom. The zero-order chi connectivity index (χ0) is 13.3. The van der Waals surface area contributed by atoms with Gasteiger partial charge in [0.05, 0.1) is 12.5 Å². The van der Waals surface area contributed by atoms with Crippen molar-refractivity contribution in [1.82, 2.24) is 0 Å². The quantitative estimate of drug-likeness (QED) is 0.761. The highest BCUT2D eigenvalue weighted by atomic mass is 16.5. The molecule has 0 saturated heterocycles. The van der Waals surface area contributed by atoms with Crippen LogP contribution in [0, 0.1) is 5.92 Å². The summed E-state index contributed by atoms with van der Waals surface area (Å²) in [6.45, 7) is 8.96. The first kappa shape index (κ1) is 13.1. The molecule has 1 saturated carbocycles. The van der Waals surface area contributed by atoms with Gasteiger partial charge in [-0.25, -0.2) is 0 Å². The smallest absolute Gasteiger partial charge is 0.309 e. The van der Waals surface area contributed by atoms with Crippen LogP contribution in [-0.2, 0) is 14.9 Å². The van der Waals surface area contributed by atoms with Gasteiger partial charge in [-0.15, -0.1) is 0 Å². The highest BCUT2D eigenvalue weighted by molar-refractivity contribution is 5.77. The minimum atomic E-state index is -0.0394. The van der Waals surface area contributed by atoms with Gasteiger partial charge in [0.25, 0.3) is 0 Å². The van der Waals surface area contributed by atoms with Crippen molar-refractivity contribution in [3.8, 4) is 0 Å². The molecule has 0 bridgehead atoms. The Balaban J connectivity index is 2.03. The molecule has 1 fully saturated rings. The van der Waals surface area contributed by atoms with Crippen LogP contribution in [0.4, 0.5) is 0 Å². The standard InChI is InChI=1S/C16H22O2/c1-5-18-15(17)14-10-13(14)11-6-8-12(9-7-11)16(2,3)4/h6-9,13-14H,5,10H2,1-4H3/t13-,14+/m1/s1. The highest BCUT2D eigenvalue weighted by Crippen LogP contribution is 2.48. The number of hydrogen-bond acceptors (Lipinski definition) is 2. The normalized spacial score (nSPS) is 22.7. The molecule has 0 aliphatic heterocycles. The fourth-order valence-electron chi connectivity index (χ4n) is 2.30. The average Bonchev–Trinajstić information content (AvgIpc) is 3.08. The molecule has 2 heteroatoms. The summed E-state index contributed by atoms with van der Waals surface area (Å²) in [5.41, 5.74) is 2.78. The van der Waals surface area contributed by atoms with Gasteiger partial charge >= 0.3 is 5.97 Å². The van der Waals surface area contributed by atoms with Crippen molar-refractivity contribution in [3.63, 3.8) is 0 Å². The maximum Gasteiger partial charge on any atom is 0.309 e. The van der Waals surface area contributed by atoms with Gasteiger partial charge in [0.1, 0.15) is 0 Å². The zero-order valence-electron chi connectivity index (χ0n) is 11.7. The van der Waals surface area contributed by atoms with Gasteiger partial charge in [0.2, 0.25) is 0 Å². The van der Waals surface area contributed by atoms with E-state index in [4.69, 9.17) is 4.74 Å². The number of hydrogen-bond donors (Lipinski definition) is 0. The molecular weight excluding hydrogens is 224 g/mol. The largest absolute Gasteiger partial charge is 0.466 e. The predicted octanol–water partition coefficient (Wildman–Crippen LogP) is 3.65. The van der Waals surface area contributed by atoms with E-state index in [0.717, 1.165) is 6.42 Å². The first-order valence-electron chi connectivity index (χ1n) is 6.70. The van der Waals surface area contributed by atoms with Crippen LogP contribution in [0.15, 0.2) is 24.3 Å². The number of carbonyl (C=O) groups excluding carboxylic acids is 1. The summed E-state index contributed by atoms with van der Waals surface area (Å²) in [5.74, 6) is 0.422. The molecule has 2 nitrogen and oxygen atoms in total. The van der Waals surface area contributed by atoms with Crippen molar-refractivity contribution in [3.05, 3.63) is 35.4 Å². The van der Waals surface area contributed by atoms with E-state index in [2.05, 4.69) is 45.0 Å². The van der Waals surface area contributed by atoms with Crippen molar-refractivity contribution in [2.75, 3.05) is 6.61 Å². The Hall–Kier alpha value is -1.31. The van der Waals surface area contributed by atoms with E-state index in [1.54, 1.807) is 0 Å². The fraction of sp³-hybridized carbons (Fsp3) is 0.562. The number of esters is 1. The van der Waals surface area contributed by atoms with Gasteiger partial charge in [0, 0.05) is 0 Å². The predicted molar refractivity (Wildman–Crippen MR) is 72.6 cm³/mol. The molecule has 1 aliphatic rings. The molecule has 0 radical (unpaired) electrons. The molecule has 0 spiro atoms. The summed E-state index contributed by atoms with van der Waals surface area (Å²) >= 11 is 0. The Bertz CT molecular complexity index is 425. The summed E-state index contributed by atoms with van der Waals surface area (Å²) in [7, 11) is 0. The molecule has 2 rings (SSSR count). The zero-order valence-corrected chi connectivity index (χ0v) is 11.7. The maximum atomic E-state index is 11.6. The monoisotopic (exact) mass is 246 g/mol. The van der Waals surface area contributed by atoms with Crippen LogP contribution in [-0.4, -0.2) is 12.6 Å². The van der Waals surface area contributed by atoms with Gasteiger partial charge < -0.3 is 4.74 Å². The summed E-state index contributed by atoms with van der Waals surface area (Å²) in [6, 6.07) is 8.67. The summed E-state index contributed by atoms with van der Waals surface area (Å²) < 4.78 is 5.06. The second-order valence-electron chi connectivity index (χ2n) is 6.07. The third kappa shape index (κ3) is 2.74. The summed E-state index contributed by atoms with van der Waals surface area (Å²) in [5, 5.41) is 0. The van der Waals surface area contributed by atoms with Crippen molar-refractivity contribution >= 4 is 5.97 Å². The number of rotatable bonds is 3. The van der Waals surface area contributed by atoms with Crippen LogP contribution in [0.3, 0.4) is 0 Å². The van der Waals surface area contributed by atoms with Crippen molar-refractivity contribution in [1.29, 1.82) is 0 Å². The molecule has 0 heterocycles. The fourth-order valence-corrected chi connectivity index (χ4v) is 2.30. The van der Waals surface area contributed by atoms with E-state index in [-0.39, 0.29) is 17.3 Å². The topological polar surface area (TPSA) is 26.3 Å². The maximum absolute atomic E-state index is 11.6. The SMILES string of the molecule is CCOC(=O)[C@H]1C[C@@H]1c1ccc(C(C)(C)C)cc1. The Morgan fingerprint density at radius 1 is 1.28 bits per heavy atom. The molecule has 0 N–H and O–H groups in total. The average molecular weight is 246 g/mol. The molecule has 0 aromatic heterocycles. The van der Waals surface area contributed by atoms with Crippen molar-refractivity contribution < 1.29 is 9.53 Å². The van der Waals surface area contributed by atoms with Gasteiger partial charge in [-0.3, -0.25) is 4.79 Å². The van der Waals surface area contributed by atoms with Gasteiger partial charge in [-0.1, -0.05) is 45.0 Å². The number of carbonyl (C=O) groups is 1. The molecule has 18 heavy (non-hydrogen) atoms. The van der Waals surface area contributed by atoms with Crippen LogP contribution in [0.1, 0.15) is 51.2 Å². The van der Waals surface area contributed by atoms with E-state index in [1.807, 2.05) is 6.92 Å². The molecule has 0 unspecified atom stereocenters. The van der Waals surface area contributed by atoms with Crippen LogP contribution in [0.2, 0.25) is 0 Å². The lowest BCUT2D eigenvalue weighted by Crippen LogP contribution is -2.11. The molecule has 98 valence electrons. The first-order chi connectivity index (χ1) is 8.43. The first-order valence-corrected chi connectivity index (χ1v) is 6.70. The lowest BCUT2D eigenvalue weighted by atomic mass is 9.86. The van der Waals surface area contributed by atoms with E-state index < -0.39 is 0 Å². The molecule has 1 aliphatic carbocycles. The Labute approximate surface area is 109 Å². The van der Waals surface area contributed by atoms with E-state index >= 15 is 0 Å². The molecule has 1 aromatic rings. The summed E-state index contributed by atoms with van der Waals surface area (Å²) in [6.07, 6.45) is 0.938. The second-order valence-corrected chi connectivity index (χ2v) is 6.07. The minimum Gasteiger partial charge on any atom is -0.466 e. The van der Waals surface area contributed by atoms with Crippen LogP contribution in [0.5, 0.6) is 0 Å². The second kappa shape index (κ2) is 4.75. The molecule has 0 amide bonds. The minimum absolute atomic E-state index is 0.0394. The molecular formula is C16H22O2. The lowest BCUT2D eigenvalue weighted by Gasteiger charge is -2.19. The lowest BCUT2D eigenvalue weighted by molar-refractivity contribution is -0.144. The van der Waals surface area contributed by atoms with E-state index in [9.17, 15) is 4.79 Å². The van der Waals surface area contributed by atoms with Gasteiger partial charge in [-0.05, 0) is 35.8 Å². The number of ether oxygens (including phenoxy) is 1. The van der Waals surface area contributed by atoms with E-state index in [1.165, 1.54) is 11.1 Å². The third-order valence-corrected chi connectivity index (χ3v) is 3.58. The van der Waals surface area contributed by atoms with Gasteiger partial charge in [-0.2, -0.15) is 0 Å². The Kier molecular flexibility index (Phi) is 3.47. The van der Waals surface area contributed by atoms with Gasteiger partial charge in [0.15, 0.2) is 0 Å². The van der Waals surface area contributed by atoms with Crippen LogP contribution in [0.25, 0.3) is 0 Å². The molecule has 1 aromatic carbocycles. The molecule has 2 atom stereocenters. The Morgan fingerprint density at radius 2 is 1.89 bits per heavy atom. The highest BCUT2D eigenvalue weighted by Gasteiger charge is 2.45. The van der Waals surface area contributed by atoms with E-state index in [0.29, 0.717) is 12.5 Å². The van der Waals surface area contributed by atoms with Crippen LogP contribution >= 0.6 is 0 Å².